The van der Waals surface area contributed by atoms with Gasteiger partial charge in [0.05, 0.1) is 5.75 Å². The summed E-state index contributed by atoms with van der Waals surface area (Å²) in [5.74, 6) is -0.175. The Kier molecular flexibility index (Phi) is 6.26. The van der Waals surface area contributed by atoms with Crippen LogP contribution in [-0.2, 0) is 10.0 Å². The van der Waals surface area contributed by atoms with Gasteiger partial charge in [-0.2, -0.15) is 0 Å². The highest BCUT2D eigenvalue weighted by molar-refractivity contribution is 7.89. The molecule has 1 unspecified atom stereocenters. The highest BCUT2D eigenvalue weighted by Gasteiger charge is 2.13. The van der Waals surface area contributed by atoms with Crippen molar-refractivity contribution in [1.82, 2.24) is 4.72 Å². The molecule has 0 amide bonds. The van der Waals surface area contributed by atoms with Crippen LogP contribution in [0.4, 0.5) is 0 Å². The summed E-state index contributed by atoms with van der Waals surface area (Å²) in [5, 5.41) is 11.2. The number of oxime groups is 1. The van der Waals surface area contributed by atoms with E-state index in [0.717, 1.165) is 6.42 Å². The quantitative estimate of drug-likeness (QED) is 0.252. The molecule has 4 N–H and O–H groups in total. The summed E-state index contributed by atoms with van der Waals surface area (Å²) in [4.78, 5) is 0. The molecule has 0 fully saturated rings. The molecule has 0 aromatic carbocycles. The van der Waals surface area contributed by atoms with Gasteiger partial charge in [0.15, 0.2) is 0 Å². The molecule has 0 saturated carbocycles. The van der Waals surface area contributed by atoms with Crippen molar-refractivity contribution in [2.45, 2.75) is 26.7 Å². The number of hydrogen-bond acceptors (Lipinski definition) is 4. The lowest BCUT2D eigenvalue weighted by Crippen LogP contribution is -2.35. The van der Waals surface area contributed by atoms with E-state index in [0.29, 0.717) is 6.42 Å². The Balaban J connectivity index is 4.04. The van der Waals surface area contributed by atoms with Crippen LogP contribution in [0.5, 0.6) is 0 Å². The third-order valence-corrected chi connectivity index (χ3v) is 3.43. The summed E-state index contributed by atoms with van der Waals surface area (Å²) in [5.41, 5.74) is 5.31. The van der Waals surface area contributed by atoms with Gasteiger partial charge < -0.3 is 10.9 Å². The topological polar surface area (TPSA) is 105 Å². The van der Waals surface area contributed by atoms with Crippen molar-refractivity contribution >= 4 is 15.9 Å². The van der Waals surface area contributed by atoms with Crippen molar-refractivity contribution in [2.75, 3.05) is 12.3 Å². The molecule has 90 valence electrons. The smallest absolute Gasteiger partial charge is 0.211 e. The average Bonchev–Trinajstić information content (AvgIpc) is 2.22. The van der Waals surface area contributed by atoms with E-state index < -0.39 is 10.0 Å². The average molecular weight is 237 g/mol. The van der Waals surface area contributed by atoms with Gasteiger partial charge in [-0.15, -0.1) is 0 Å². The number of nitrogens with one attached hydrogen (secondary N) is 1. The van der Waals surface area contributed by atoms with E-state index in [1.165, 1.54) is 0 Å². The summed E-state index contributed by atoms with van der Waals surface area (Å²) in [6, 6.07) is 0. The van der Waals surface area contributed by atoms with Crippen molar-refractivity contribution in [3.05, 3.63) is 0 Å². The van der Waals surface area contributed by atoms with Crippen molar-refractivity contribution in [3.63, 3.8) is 0 Å². The third kappa shape index (κ3) is 6.29. The fourth-order valence-corrected chi connectivity index (χ4v) is 2.18. The van der Waals surface area contributed by atoms with Crippen LogP contribution >= 0.6 is 0 Å². The molecular weight excluding hydrogens is 218 g/mol. The van der Waals surface area contributed by atoms with Gasteiger partial charge in [-0.25, -0.2) is 13.1 Å². The van der Waals surface area contributed by atoms with E-state index >= 15 is 0 Å². The Morgan fingerprint density at radius 3 is 2.67 bits per heavy atom. The number of unbranched alkanes of at least 4 members (excludes halogenated alkanes) is 1. The first-order valence-corrected chi connectivity index (χ1v) is 6.53. The van der Waals surface area contributed by atoms with E-state index in [-0.39, 0.29) is 24.1 Å². The van der Waals surface area contributed by atoms with Crippen LogP contribution in [0.15, 0.2) is 5.16 Å². The van der Waals surface area contributed by atoms with Crippen LogP contribution in [0, 0.1) is 5.92 Å². The Morgan fingerprint density at radius 1 is 1.60 bits per heavy atom. The number of amidine groups is 1. The van der Waals surface area contributed by atoms with Crippen LogP contribution in [0.1, 0.15) is 26.7 Å². The second-order valence-electron chi connectivity index (χ2n) is 3.45. The summed E-state index contributed by atoms with van der Waals surface area (Å²) in [7, 11) is -3.22. The summed E-state index contributed by atoms with van der Waals surface area (Å²) in [6.07, 6.45) is 1.46. The molecule has 0 heterocycles. The number of sulfonamides is 1. The fraction of sp³-hybridized carbons (Fsp3) is 0.875. The van der Waals surface area contributed by atoms with Crippen molar-refractivity contribution in [1.29, 1.82) is 0 Å². The van der Waals surface area contributed by atoms with Crippen LogP contribution < -0.4 is 10.5 Å². The van der Waals surface area contributed by atoms with E-state index in [1.807, 2.05) is 6.92 Å². The molecule has 0 aliphatic carbocycles. The SMILES string of the molecule is CCCCS(=O)(=O)NCC(C)C(N)=NO. The molecule has 0 rings (SSSR count). The predicted octanol–water partition coefficient (Wildman–Crippen LogP) is 0.0884. The molecule has 6 nitrogen and oxygen atoms in total. The lowest BCUT2D eigenvalue weighted by molar-refractivity contribution is 0.314. The lowest BCUT2D eigenvalue weighted by Gasteiger charge is -2.11. The maximum Gasteiger partial charge on any atom is 0.211 e. The molecule has 0 saturated heterocycles. The molecule has 15 heavy (non-hydrogen) atoms. The minimum Gasteiger partial charge on any atom is -0.409 e. The third-order valence-electron chi connectivity index (χ3n) is 2.00. The second kappa shape index (κ2) is 6.62. The normalized spacial score (nSPS) is 15.2. The summed E-state index contributed by atoms with van der Waals surface area (Å²) >= 11 is 0. The highest BCUT2D eigenvalue weighted by Crippen LogP contribution is 1.97. The molecule has 0 aromatic rings. The molecule has 0 aromatic heterocycles. The summed E-state index contributed by atoms with van der Waals surface area (Å²) in [6.45, 7) is 3.76. The Hall–Kier alpha value is -0.820. The van der Waals surface area contributed by atoms with Gasteiger partial charge in [0.2, 0.25) is 10.0 Å². The zero-order valence-corrected chi connectivity index (χ0v) is 9.92. The fourth-order valence-electron chi connectivity index (χ4n) is 0.862. The Bertz CT molecular complexity index is 300. The molecule has 0 aliphatic rings. The molecule has 1 atom stereocenters. The Labute approximate surface area is 90.6 Å². The van der Waals surface area contributed by atoms with Gasteiger partial charge in [0.1, 0.15) is 5.84 Å². The molecule has 0 radical (unpaired) electrons. The highest BCUT2D eigenvalue weighted by atomic mass is 32.2. The first kappa shape index (κ1) is 14.2. The van der Waals surface area contributed by atoms with Crippen molar-refractivity contribution in [2.24, 2.45) is 16.8 Å². The predicted molar refractivity (Wildman–Crippen MR) is 59.3 cm³/mol. The minimum atomic E-state index is -3.22. The maximum atomic E-state index is 11.4. The van der Waals surface area contributed by atoms with Crippen LogP contribution in [0.2, 0.25) is 0 Å². The molecule has 0 bridgehead atoms. The van der Waals surface area contributed by atoms with Crippen LogP contribution in [0.25, 0.3) is 0 Å². The standard InChI is InChI=1S/C8H19N3O3S/c1-3-4-5-15(13,14)10-6-7(2)8(9)11-12/h7,10,12H,3-6H2,1-2H3,(H2,9,11). The van der Waals surface area contributed by atoms with Gasteiger partial charge in [-0.1, -0.05) is 25.4 Å². The second-order valence-corrected chi connectivity index (χ2v) is 5.37. The number of rotatable bonds is 7. The van der Waals surface area contributed by atoms with E-state index in [4.69, 9.17) is 10.9 Å². The van der Waals surface area contributed by atoms with E-state index in [1.54, 1.807) is 6.92 Å². The Morgan fingerprint density at radius 2 is 2.20 bits per heavy atom. The molecular formula is C8H19N3O3S. The molecule has 0 aliphatic heterocycles. The zero-order valence-electron chi connectivity index (χ0n) is 9.10. The molecule has 7 heteroatoms. The number of nitrogens with zero attached hydrogens (tertiary/aromatic N) is 1. The van der Waals surface area contributed by atoms with Gasteiger partial charge >= 0.3 is 0 Å². The van der Waals surface area contributed by atoms with E-state index in [9.17, 15) is 8.42 Å². The monoisotopic (exact) mass is 237 g/mol. The van der Waals surface area contributed by atoms with Gasteiger partial charge in [0.25, 0.3) is 0 Å². The maximum absolute atomic E-state index is 11.4. The largest absolute Gasteiger partial charge is 0.409 e. The first-order chi connectivity index (χ1) is 6.93. The van der Waals surface area contributed by atoms with Gasteiger partial charge in [0, 0.05) is 12.5 Å². The first-order valence-electron chi connectivity index (χ1n) is 4.87. The lowest BCUT2D eigenvalue weighted by atomic mass is 10.2. The minimum absolute atomic E-state index is 0.0215. The molecule has 0 spiro atoms. The van der Waals surface area contributed by atoms with Gasteiger partial charge in [-0.05, 0) is 6.42 Å². The van der Waals surface area contributed by atoms with Gasteiger partial charge in [-0.3, -0.25) is 0 Å². The van der Waals surface area contributed by atoms with Crippen LogP contribution in [0.3, 0.4) is 0 Å². The zero-order chi connectivity index (χ0) is 11.9. The van der Waals surface area contributed by atoms with Crippen LogP contribution in [-0.4, -0.2) is 31.8 Å². The van der Waals surface area contributed by atoms with Crippen molar-refractivity contribution < 1.29 is 13.6 Å². The summed E-state index contributed by atoms with van der Waals surface area (Å²) < 4.78 is 25.1. The number of nitrogens with two attached hydrogens (primary N) is 1. The van der Waals surface area contributed by atoms with Crippen molar-refractivity contribution in [3.8, 4) is 0 Å². The number of hydrogen-bond donors (Lipinski definition) is 3. The van der Waals surface area contributed by atoms with E-state index in [2.05, 4.69) is 9.88 Å².